The van der Waals surface area contributed by atoms with E-state index in [1.54, 1.807) is 0 Å². The maximum Gasteiger partial charge on any atom is 0.0949 e. The van der Waals surface area contributed by atoms with Gasteiger partial charge in [-0.05, 0) is 45.4 Å². The minimum absolute atomic E-state index is 0.0133. The summed E-state index contributed by atoms with van der Waals surface area (Å²) in [5, 5.41) is 1.24. The summed E-state index contributed by atoms with van der Waals surface area (Å²) in [6, 6.07) is 0. The van der Waals surface area contributed by atoms with Crippen LogP contribution in [-0.4, -0.2) is 10.5 Å². The first kappa shape index (κ1) is 15.0. The van der Waals surface area contributed by atoms with Crippen molar-refractivity contribution in [2.45, 2.75) is 77.7 Å². The maximum atomic E-state index is 6.61. The summed E-state index contributed by atoms with van der Waals surface area (Å²) in [4.78, 5) is 6.00. The van der Waals surface area contributed by atoms with Crippen LogP contribution >= 0.6 is 11.3 Å². The highest BCUT2D eigenvalue weighted by atomic mass is 32.1. The average Bonchev–Trinajstić information content (AvgIpc) is 2.67. The molecule has 0 atom stereocenters. The fraction of sp³-hybridized carbons (Fsp3) is 0.812. The maximum absolute atomic E-state index is 6.61. The van der Waals surface area contributed by atoms with E-state index in [0.29, 0.717) is 0 Å². The van der Waals surface area contributed by atoms with E-state index in [0.717, 1.165) is 12.3 Å². The lowest BCUT2D eigenvalue weighted by molar-refractivity contribution is 0.221. The zero-order chi connectivity index (χ0) is 13.9. The molecule has 0 aromatic carbocycles. The van der Waals surface area contributed by atoms with Crippen LogP contribution in [0.15, 0.2) is 0 Å². The molecule has 1 saturated carbocycles. The molecule has 0 spiro atoms. The Morgan fingerprint density at radius 2 is 2.00 bits per heavy atom. The second-order valence-corrected chi connectivity index (χ2v) is 7.66. The zero-order valence-electron chi connectivity index (χ0n) is 12.7. The van der Waals surface area contributed by atoms with Crippen LogP contribution in [-0.2, 0) is 6.42 Å². The van der Waals surface area contributed by atoms with Crippen LogP contribution in [0.3, 0.4) is 0 Å². The Bertz CT molecular complexity index is 383. The minimum atomic E-state index is 0.0133. The van der Waals surface area contributed by atoms with Crippen molar-refractivity contribution in [3.05, 3.63) is 15.6 Å². The van der Waals surface area contributed by atoms with Gasteiger partial charge in [0, 0.05) is 16.8 Å². The quantitative estimate of drug-likeness (QED) is 0.869. The van der Waals surface area contributed by atoms with Crippen molar-refractivity contribution in [3.8, 4) is 0 Å². The van der Waals surface area contributed by atoms with E-state index in [9.17, 15) is 0 Å². The molecule has 0 saturated heterocycles. The molecule has 0 unspecified atom stereocenters. The van der Waals surface area contributed by atoms with Gasteiger partial charge in [-0.3, -0.25) is 0 Å². The topological polar surface area (TPSA) is 38.9 Å². The Hall–Kier alpha value is -0.410. The number of hydrogen-bond donors (Lipinski definition) is 1. The highest BCUT2D eigenvalue weighted by molar-refractivity contribution is 7.11. The normalized spacial score (nSPS) is 27.7. The number of unbranched alkanes of at least 4 members (excludes halogenated alkanes) is 1. The minimum Gasteiger partial charge on any atom is -0.325 e. The fourth-order valence-electron chi connectivity index (χ4n) is 3.13. The Morgan fingerprint density at radius 3 is 2.53 bits per heavy atom. The van der Waals surface area contributed by atoms with Gasteiger partial charge in [-0.25, -0.2) is 4.98 Å². The van der Waals surface area contributed by atoms with Gasteiger partial charge in [-0.15, -0.1) is 11.3 Å². The largest absolute Gasteiger partial charge is 0.325 e. The molecule has 0 bridgehead atoms. The molecule has 108 valence electrons. The lowest BCUT2D eigenvalue weighted by Gasteiger charge is -2.36. The first-order chi connectivity index (χ1) is 9.02. The van der Waals surface area contributed by atoms with Crippen LogP contribution in [0, 0.1) is 19.8 Å². The van der Waals surface area contributed by atoms with Gasteiger partial charge in [0.25, 0.3) is 0 Å². The summed E-state index contributed by atoms with van der Waals surface area (Å²) in [6.45, 7) is 6.53. The third-order valence-corrected chi connectivity index (χ3v) is 5.72. The van der Waals surface area contributed by atoms with Crippen LogP contribution < -0.4 is 5.73 Å². The predicted molar refractivity (Wildman–Crippen MR) is 83.7 cm³/mol. The molecule has 1 aliphatic rings. The first-order valence-corrected chi connectivity index (χ1v) is 8.56. The Labute approximate surface area is 121 Å². The van der Waals surface area contributed by atoms with Crippen molar-refractivity contribution < 1.29 is 0 Å². The molecular weight excluding hydrogens is 252 g/mol. The van der Waals surface area contributed by atoms with Gasteiger partial charge in [-0.1, -0.05) is 26.2 Å². The van der Waals surface area contributed by atoms with Crippen molar-refractivity contribution in [3.63, 3.8) is 0 Å². The number of rotatable bonds is 5. The monoisotopic (exact) mass is 280 g/mol. The molecule has 0 amide bonds. The van der Waals surface area contributed by atoms with E-state index >= 15 is 0 Å². The van der Waals surface area contributed by atoms with Crippen LogP contribution in [0.25, 0.3) is 0 Å². The number of aryl methyl sites for hydroxylation is 2. The van der Waals surface area contributed by atoms with Gasteiger partial charge in [0.05, 0.1) is 10.7 Å². The van der Waals surface area contributed by atoms with Gasteiger partial charge in [0.1, 0.15) is 0 Å². The van der Waals surface area contributed by atoms with Gasteiger partial charge < -0.3 is 5.73 Å². The van der Waals surface area contributed by atoms with Crippen LogP contribution in [0.1, 0.15) is 67.4 Å². The third-order valence-electron chi connectivity index (χ3n) is 4.64. The third kappa shape index (κ3) is 4.03. The van der Waals surface area contributed by atoms with Crippen molar-refractivity contribution in [2.75, 3.05) is 0 Å². The summed E-state index contributed by atoms with van der Waals surface area (Å²) in [5.41, 5.74) is 7.80. The van der Waals surface area contributed by atoms with Crippen LogP contribution in [0.5, 0.6) is 0 Å². The molecular formula is C16H28N2S. The molecule has 1 aliphatic carbocycles. The zero-order valence-corrected chi connectivity index (χ0v) is 13.5. The van der Waals surface area contributed by atoms with E-state index < -0.39 is 0 Å². The highest BCUT2D eigenvalue weighted by Gasteiger charge is 2.32. The summed E-state index contributed by atoms with van der Waals surface area (Å²) < 4.78 is 0. The Morgan fingerprint density at radius 1 is 1.32 bits per heavy atom. The molecule has 19 heavy (non-hydrogen) atoms. The molecule has 1 fully saturated rings. The smallest absolute Gasteiger partial charge is 0.0949 e. The van der Waals surface area contributed by atoms with Gasteiger partial charge >= 0.3 is 0 Å². The van der Waals surface area contributed by atoms with E-state index in [1.807, 2.05) is 11.3 Å². The van der Waals surface area contributed by atoms with E-state index in [2.05, 4.69) is 25.8 Å². The number of nitrogens with two attached hydrogens (primary N) is 1. The summed E-state index contributed by atoms with van der Waals surface area (Å²) in [5.74, 6) is 0.927. The van der Waals surface area contributed by atoms with Gasteiger partial charge in [0.15, 0.2) is 0 Å². The van der Waals surface area contributed by atoms with E-state index in [-0.39, 0.29) is 5.54 Å². The molecule has 3 heteroatoms. The summed E-state index contributed by atoms with van der Waals surface area (Å²) in [6.07, 6.45) is 10.1. The SMILES string of the molecule is CCCCC1CCC(N)(Cc2nc(C)c(C)s2)CC1. The second-order valence-electron chi connectivity index (χ2n) is 6.37. The molecule has 1 heterocycles. The number of hydrogen-bond acceptors (Lipinski definition) is 3. The predicted octanol–water partition coefficient (Wildman–Crippen LogP) is 4.38. The first-order valence-electron chi connectivity index (χ1n) is 7.74. The molecule has 1 aromatic rings. The van der Waals surface area contributed by atoms with Crippen molar-refractivity contribution in [2.24, 2.45) is 11.7 Å². The molecule has 2 nitrogen and oxygen atoms in total. The molecule has 1 aromatic heterocycles. The Kier molecular flexibility index (Phi) is 5.02. The van der Waals surface area contributed by atoms with Crippen molar-refractivity contribution >= 4 is 11.3 Å². The summed E-state index contributed by atoms with van der Waals surface area (Å²) in [7, 11) is 0. The van der Waals surface area contributed by atoms with Crippen molar-refractivity contribution in [1.82, 2.24) is 4.98 Å². The van der Waals surface area contributed by atoms with E-state index in [1.165, 1.54) is 60.5 Å². The fourth-order valence-corrected chi connectivity index (χ4v) is 4.22. The van der Waals surface area contributed by atoms with Gasteiger partial charge in [-0.2, -0.15) is 0 Å². The van der Waals surface area contributed by atoms with Crippen LogP contribution in [0.4, 0.5) is 0 Å². The lowest BCUT2D eigenvalue weighted by atomic mass is 9.74. The number of thiazole rings is 1. The highest BCUT2D eigenvalue weighted by Crippen LogP contribution is 2.36. The lowest BCUT2D eigenvalue weighted by Crippen LogP contribution is -2.45. The van der Waals surface area contributed by atoms with Gasteiger partial charge in [0.2, 0.25) is 0 Å². The Balaban J connectivity index is 1.87. The number of nitrogens with zero attached hydrogens (tertiary/aromatic N) is 1. The average molecular weight is 280 g/mol. The molecule has 2 rings (SSSR count). The van der Waals surface area contributed by atoms with Crippen molar-refractivity contribution in [1.29, 1.82) is 0 Å². The summed E-state index contributed by atoms with van der Waals surface area (Å²) >= 11 is 1.83. The second kappa shape index (κ2) is 6.36. The number of aromatic nitrogens is 1. The molecule has 0 radical (unpaired) electrons. The van der Waals surface area contributed by atoms with Crippen LogP contribution in [0.2, 0.25) is 0 Å². The standard InChI is InChI=1S/C16H28N2S/c1-4-5-6-14-7-9-16(17,10-8-14)11-15-18-12(2)13(3)19-15/h14H,4-11,17H2,1-3H3. The molecule has 0 aliphatic heterocycles. The van der Waals surface area contributed by atoms with E-state index in [4.69, 9.17) is 5.73 Å². The molecule has 2 N–H and O–H groups in total.